The van der Waals surface area contributed by atoms with Crippen LogP contribution in [0.2, 0.25) is 0 Å². The molecule has 1 aromatic carbocycles. The molecule has 130 valence electrons. The van der Waals surface area contributed by atoms with Crippen molar-refractivity contribution in [2.45, 2.75) is 6.92 Å². The van der Waals surface area contributed by atoms with Crippen LogP contribution in [0, 0.1) is 6.92 Å². The van der Waals surface area contributed by atoms with E-state index in [1.165, 1.54) is 11.0 Å². The van der Waals surface area contributed by atoms with Gasteiger partial charge in [-0.1, -0.05) is 6.07 Å². The zero-order chi connectivity index (χ0) is 17.8. The summed E-state index contributed by atoms with van der Waals surface area (Å²) in [4.78, 5) is 36.3. The SMILES string of the molecule is Cc1ccc(NC(=O)C(=O)N2CCN(c3ncccn3)CC2)c(O)c1. The average Bonchev–Trinajstić information content (AvgIpc) is 2.64. The zero-order valence-electron chi connectivity index (χ0n) is 13.8. The summed E-state index contributed by atoms with van der Waals surface area (Å²) < 4.78 is 0. The lowest BCUT2D eigenvalue weighted by Crippen LogP contribution is -2.52. The van der Waals surface area contributed by atoms with Gasteiger partial charge in [0, 0.05) is 38.6 Å². The maximum absolute atomic E-state index is 12.3. The maximum Gasteiger partial charge on any atom is 0.314 e. The van der Waals surface area contributed by atoms with Gasteiger partial charge in [-0.05, 0) is 30.7 Å². The Morgan fingerprint density at radius 3 is 2.44 bits per heavy atom. The summed E-state index contributed by atoms with van der Waals surface area (Å²) in [5.41, 5.74) is 1.08. The van der Waals surface area contributed by atoms with E-state index in [1.54, 1.807) is 30.6 Å². The second-order valence-corrected chi connectivity index (χ2v) is 5.80. The molecule has 0 aliphatic carbocycles. The van der Waals surface area contributed by atoms with Crippen molar-refractivity contribution in [1.82, 2.24) is 14.9 Å². The van der Waals surface area contributed by atoms with Crippen molar-refractivity contribution in [3.05, 3.63) is 42.2 Å². The van der Waals surface area contributed by atoms with E-state index >= 15 is 0 Å². The Morgan fingerprint density at radius 1 is 1.12 bits per heavy atom. The Bertz CT molecular complexity index is 773. The van der Waals surface area contributed by atoms with E-state index in [2.05, 4.69) is 15.3 Å². The number of carbonyl (C=O) groups is 2. The third-order valence-corrected chi connectivity index (χ3v) is 4.00. The van der Waals surface area contributed by atoms with Gasteiger partial charge in [-0.2, -0.15) is 0 Å². The van der Waals surface area contributed by atoms with Crippen LogP contribution in [0.15, 0.2) is 36.7 Å². The molecule has 2 N–H and O–H groups in total. The molecule has 1 fully saturated rings. The molecule has 0 bridgehead atoms. The van der Waals surface area contributed by atoms with Gasteiger partial charge >= 0.3 is 11.8 Å². The number of hydrogen-bond donors (Lipinski definition) is 2. The van der Waals surface area contributed by atoms with Crippen LogP contribution >= 0.6 is 0 Å². The van der Waals surface area contributed by atoms with Gasteiger partial charge in [0.1, 0.15) is 5.75 Å². The molecule has 0 atom stereocenters. The lowest BCUT2D eigenvalue weighted by molar-refractivity contribution is -0.143. The molecule has 8 nitrogen and oxygen atoms in total. The van der Waals surface area contributed by atoms with Crippen LogP contribution in [0.5, 0.6) is 5.75 Å². The smallest absolute Gasteiger partial charge is 0.314 e. The number of anilines is 2. The first kappa shape index (κ1) is 16.7. The largest absolute Gasteiger partial charge is 0.506 e. The minimum Gasteiger partial charge on any atom is -0.506 e. The normalized spacial score (nSPS) is 14.3. The van der Waals surface area contributed by atoms with Crippen LogP contribution in [0.1, 0.15) is 5.56 Å². The monoisotopic (exact) mass is 341 g/mol. The van der Waals surface area contributed by atoms with Gasteiger partial charge < -0.3 is 20.2 Å². The fraction of sp³-hybridized carbons (Fsp3) is 0.294. The number of phenols is 1. The van der Waals surface area contributed by atoms with Gasteiger partial charge in [-0.25, -0.2) is 9.97 Å². The summed E-state index contributed by atoms with van der Waals surface area (Å²) in [6.07, 6.45) is 3.34. The van der Waals surface area contributed by atoms with Crippen molar-refractivity contribution in [2.75, 3.05) is 36.4 Å². The molecular formula is C17H19N5O3. The highest BCUT2D eigenvalue weighted by atomic mass is 16.3. The lowest BCUT2D eigenvalue weighted by Gasteiger charge is -2.34. The summed E-state index contributed by atoms with van der Waals surface area (Å²) in [5, 5.41) is 12.3. The molecule has 3 rings (SSSR count). The molecule has 1 aliphatic rings. The summed E-state index contributed by atoms with van der Waals surface area (Å²) in [6, 6.07) is 6.59. The Balaban J connectivity index is 1.57. The summed E-state index contributed by atoms with van der Waals surface area (Å²) >= 11 is 0. The third kappa shape index (κ3) is 3.85. The van der Waals surface area contributed by atoms with Gasteiger partial charge in [0.2, 0.25) is 5.95 Å². The van der Waals surface area contributed by atoms with Crippen molar-refractivity contribution in [3.8, 4) is 5.75 Å². The second-order valence-electron chi connectivity index (χ2n) is 5.80. The minimum atomic E-state index is -0.761. The van der Waals surface area contributed by atoms with Gasteiger partial charge in [-0.15, -0.1) is 0 Å². The molecule has 2 heterocycles. The van der Waals surface area contributed by atoms with Gasteiger partial charge in [0.25, 0.3) is 0 Å². The highest BCUT2D eigenvalue weighted by Gasteiger charge is 2.27. The molecule has 1 saturated heterocycles. The number of carbonyl (C=O) groups excluding carboxylic acids is 2. The first-order chi connectivity index (χ1) is 12.0. The van der Waals surface area contributed by atoms with Crippen LogP contribution in [0.25, 0.3) is 0 Å². The fourth-order valence-corrected chi connectivity index (χ4v) is 2.63. The number of aryl methyl sites for hydroxylation is 1. The highest BCUT2D eigenvalue weighted by molar-refractivity contribution is 6.39. The van der Waals surface area contributed by atoms with E-state index in [1.807, 2.05) is 11.8 Å². The lowest BCUT2D eigenvalue weighted by atomic mass is 10.2. The number of nitrogens with one attached hydrogen (secondary N) is 1. The van der Waals surface area contributed by atoms with Crippen molar-refractivity contribution in [2.24, 2.45) is 0 Å². The number of amides is 2. The fourth-order valence-electron chi connectivity index (χ4n) is 2.63. The summed E-state index contributed by atoms with van der Waals surface area (Å²) in [7, 11) is 0. The molecule has 1 aromatic heterocycles. The number of nitrogens with zero attached hydrogens (tertiary/aromatic N) is 4. The summed E-state index contributed by atoms with van der Waals surface area (Å²) in [6.45, 7) is 3.75. The van der Waals surface area contributed by atoms with E-state index in [0.29, 0.717) is 32.1 Å². The van der Waals surface area contributed by atoms with Crippen LogP contribution in [-0.4, -0.2) is 58.0 Å². The molecule has 2 aromatic rings. The molecule has 0 radical (unpaired) electrons. The quantitative estimate of drug-likeness (QED) is 0.619. The molecule has 0 saturated carbocycles. The standard InChI is InChI=1S/C17H19N5O3/c1-12-3-4-13(14(23)11-12)20-15(24)16(25)21-7-9-22(10-8-21)17-18-5-2-6-19-17/h2-6,11,23H,7-10H2,1H3,(H,20,24). The van der Waals surface area contributed by atoms with Crippen LogP contribution in [-0.2, 0) is 9.59 Å². The van der Waals surface area contributed by atoms with E-state index < -0.39 is 11.8 Å². The molecule has 2 amide bonds. The van der Waals surface area contributed by atoms with E-state index in [9.17, 15) is 14.7 Å². The number of aromatic nitrogens is 2. The van der Waals surface area contributed by atoms with Gasteiger partial charge in [-0.3, -0.25) is 9.59 Å². The minimum absolute atomic E-state index is 0.0628. The van der Waals surface area contributed by atoms with E-state index in [-0.39, 0.29) is 11.4 Å². The van der Waals surface area contributed by atoms with Crippen molar-refractivity contribution in [3.63, 3.8) is 0 Å². The molecule has 0 unspecified atom stereocenters. The number of hydrogen-bond acceptors (Lipinski definition) is 6. The molecular weight excluding hydrogens is 322 g/mol. The first-order valence-electron chi connectivity index (χ1n) is 7.96. The third-order valence-electron chi connectivity index (χ3n) is 4.00. The Morgan fingerprint density at radius 2 is 1.80 bits per heavy atom. The number of aromatic hydroxyl groups is 1. The van der Waals surface area contributed by atoms with E-state index in [0.717, 1.165) is 5.56 Å². The Kier molecular flexibility index (Phi) is 4.78. The highest BCUT2D eigenvalue weighted by Crippen LogP contribution is 2.23. The number of piperazine rings is 1. The number of benzene rings is 1. The number of phenolic OH excluding ortho intramolecular Hbond substituents is 1. The Labute approximate surface area is 145 Å². The Hall–Kier alpha value is -3.16. The molecule has 0 spiro atoms. The zero-order valence-corrected chi connectivity index (χ0v) is 13.8. The topological polar surface area (TPSA) is 98.7 Å². The van der Waals surface area contributed by atoms with E-state index in [4.69, 9.17) is 0 Å². The van der Waals surface area contributed by atoms with Crippen molar-refractivity contribution < 1.29 is 14.7 Å². The van der Waals surface area contributed by atoms with Crippen LogP contribution in [0.3, 0.4) is 0 Å². The summed E-state index contributed by atoms with van der Waals surface area (Å²) in [5.74, 6) is -0.826. The van der Waals surface area contributed by atoms with Crippen LogP contribution < -0.4 is 10.2 Å². The van der Waals surface area contributed by atoms with Gasteiger partial charge in [0.15, 0.2) is 0 Å². The predicted molar refractivity (Wildman–Crippen MR) is 92.3 cm³/mol. The van der Waals surface area contributed by atoms with Crippen molar-refractivity contribution >= 4 is 23.5 Å². The molecule has 8 heteroatoms. The van der Waals surface area contributed by atoms with Crippen LogP contribution in [0.4, 0.5) is 11.6 Å². The predicted octanol–water partition coefficient (Wildman–Crippen LogP) is 0.778. The average molecular weight is 341 g/mol. The molecule has 25 heavy (non-hydrogen) atoms. The number of rotatable bonds is 2. The van der Waals surface area contributed by atoms with Gasteiger partial charge in [0.05, 0.1) is 5.69 Å². The second kappa shape index (κ2) is 7.16. The van der Waals surface area contributed by atoms with Crippen molar-refractivity contribution in [1.29, 1.82) is 0 Å². The first-order valence-corrected chi connectivity index (χ1v) is 7.96. The maximum atomic E-state index is 12.3. The molecule has 1 aliphatic heterocycles.